The van der Waals surface area contributed by atoms with E-state index < -0.39 is 0 Å². The number of aromatic nitrogens is 5. The summed E-state index contributed by atoms with van der Waals surface area (Å²) in [6.07, 6.45) is 0. The molecule has 0 aliphatic heterocycles. The second-order valence-electron chi connectivity index (χ2n) is 6.69. The monoisotopic (exact) mass is 391 g/mol. The lowest BCUT2D eigenvalue weighted by molar-refractivity contribution is 0.687. The van der Waals surface area contributed by atoms with Gasteiger partial charge in [-0.2, -0.15) is 0 Å². The van der Waals surface area contributed by atoms with Crippen LogP contribution in [0.5, 0.6) is 0 Å². The summed E-state index contributed by atoms with van der Waals surface area (Å²) in [5.74, 6) is 2.01. The standard InChI is InChI=1S/C21H21N5OS/c1-4-26-19(15-9-5-7-13(2)11-15)24-25-21(26)28-12-17-22-18-14(3)8-6-10-16(18)20(27)23-17/h5-11H,4,12H2,1-3H3,(H,22,23,27). The van der Waals surface area contributed by atoms with Gasteiger partial charge < -0.3 is 9.55 Å². The normalized spacial score (nSPS) is 11.2. The van der Waals surface area contributed by atoms with Gasteiger partial charge in [-0.1, -0.05) is 47.7 Å². The second kappa shape index (κ2) is 7.59. The van der Waals surface area contributed by atoms with Crippen molar-refractivity contribution in [2.75, 3.05) is 0 Å². The smallest absolute Gasteiger partial charge is 0.258 e. The maximum Gasteiger partial charge on any atom is 0.258 e. The number of thioether (sulfide) groups is 1. The minimum absolute atomic E-state index is 0.110. The molecular weight excluding hydrogens is 370 g/mol. The number of aromatic amines is 1. The van der Waals surface area contributed by atoms with Crippen LogP contribution in [0.25, 0.3) is 22.3 Å². The molecule has 0 spiro atoms. The number of nitrogens with zero attached hydrogens (tertiary/aromatic N) is 4. The van der Waals surface area contributed by atoms with E-state index in [1.807, 2.05) is 31.2 Å². The molecule has 2 aromatic heterocycles. The second-order valence-corrected chi connectivity index (χ2v) is 7.63. The first-order valence-corrected chi connectivity index (χ1v) is 10.2. The molecule has 0 atom stereocenters. The molecular formula is C21H21N5OS. The van der Waals surface area contributed by atoms with Crippen molar-refractivity contribution in [3.05, 3.63) is 69.8 Å². The van der Waals surface area contributed by atoms with Crippen molar-refractivity contribution in [1.29, 1.82) is 0 Å². The predicted octanol–water partition coefficient (Wildman–Crippen LogP) is 4.11. The zero-order valence-electron chi connectivity index (χ0n) is 16.1. The number of H-pyrrole nitrogens is 1. The van der Waals surface area contributed by atoms with E-state index in [4.69, 9.17) is 0 Å². The first-order valence-electron chi connectivity index (χ1n) is 9.18. The van der Waals surface area contributed by atoms with Crippen molar-refractivity contribution in [2.24, 2.45) is 0 Å². The Balaban J connectivity index is 1.63. The number of aryl methyl sites for hydroxylation is 2. The van der Waals surface area contributed by atoms with Crippen LogP contribution in [0.4, 0.5) is 0 Å². The highest BCUT2D eigenvalue weighted by Crippen LogP contribution is 2.26. The van der Waals surface area contributed by atoms with Crippen molar-refractivity contribution in [3.8, 4) is 11.4 Å². The molecule has 6 nitrogen and oxygen atoms in total. The van der Waals surface area contributed by atoms with Crippen LogP contribution < -0.4 is 5.56 Å². The average Bonchev–Trinajstić information content (AvgIpc) is 3.10. The molecule has 0 aliphatic carbocycles. The number of para-hydroxylation sites is 1. The molecule has 2 heterocycles. The molecule has 28 heavy (non-hydrogen) atoms. The summed E-state index contributed by atoms with van der Waals surface area (Å²) in [5, 5.41) is 10.2. The lowest BCUT2D eigenvalue weighted by Gasteiger charge is -2.08. The van der Waals surface area contributed by atoms with Crippen LogP contribution in [0.15, 0.2) is 52.4 Å². The van der Waals surface area contributed by atoms with Crippen LogP contribution in [0.2, 0.25) is 0 Å². The largest absolute Gasteiger partial charge is 0.309 e. The Bertz CT molecular complexity index is 1210. The van der Waals surface area contributed by atoms with Gasteiger partial charge in [-0.3, -0.25) is 4.79 Å². The molecule has 4 aromatic rings. The molecule has 0 saturated heterocycles. The Hall–Kier alpha value is -2.93. The third-order valence-electron chi connectivity index (χ3n) is 4.63. The van der Waals surface area contributed by atoms with Gasteiger partial charge in [0.1, 0.15) is 5.82 Å². The van der Waals surface area contributed by atoms with E-state index >= 15 is 0 Å². The Morgan fingerprint density at radius 2 is 1.93 bits per heavy atom. The number of nitrogens with one attached hydrogen (secondary N) is 1. The van der Waals surface area contributed by atoms with Gasteiger partial charge in [-0.25, -0.2) is 4.98 Å². The van der Waals surface area contributed by atoms with Crippen LogP contribution in [0.3, 0.4) is 0 Å². The molecule has 0 unspecified atom stereocenters. The molecule has 2 aromatic carbocycles. The third kappa shape index (κ3) is 3.45. The van der Waals surface area contributed by atoms with Crippen LogP contribution in [0, 0.1) is 13.8 Å². The van der Waals surface area contributed by atoms with E-state index in [0.29, 0.717) is 17.0 Å². The fourth-order valence-corrected chi connectivity index (χ4v) is 4.10. The highest BCUT2D eigenvalue weighted by atomic mass is 32.2. The summed E-state index contributed by atoms with van der Waals surface area (Å²) in [6.45, 7) is 6.87. The van der Waals surface area contributed by atoms with Crippen LogP contribution in [-0.2, 0) is 12.3 Å². The van der Waals surface area contributed by atoms with Crippen molar-refractivity contribution in [1.82, 2.24) is 24.7 Å². The lowest BCUT2D eigenvalue weighted by atomic mass is 10.1. The van der Waals surface area contributed by atoms with Crippen molar-refractivity contribution < 1.29 is 0 Å². The van der Waals surface area contributed by atoms with Gasteiger partial charge in [0.2, 0.25) is 0 Å². The van der Waals surface area contributed by atoms with E-state index in [0.717, 1.165) is 34.2 Å². The van der Waals surface area contributed by atoms with Gasteiger partial charge in [0.25, 0.3) is 5.56 Å². The number of fused-ring (bicyclic) bond motifs is 1. The van der Waals surface area contributed by atoms with Crippen molar-refractivity contribution in [3.63, 3.8) is 0 Å². The summed E-state index contributed by atoms with van der Waals surface area (Å²) < 4.78 is 2.09. The van der Waals surface area contributed by atoms with Crippen LogP contribution in [-0.4, -0.2) is 24.7 Å². The Kier molecular flexibility index (Phi) is 5.00. The molecule has 0 bridgehead atoms. The molecule has 7 heteroatoms. The first kappa shape index (κ1) is 18.4. The van der Waals surface area contributed by atoms with Crippen LogP contribution >= 0.6 is 11.8 Å². The fraction of sp³-hybridized carbons (Fsp3) is 0.238. The van der Waals surface area contributed by atoms with Gasteiger partial charge in [0.05, 0.1) is 16.7 Å². The van der Waals surface area contributed by atoms with Crippen molar-refractivity contribution in [2.45, 2.75) is 38.2 Å². The summed E-state index contributed by atoms with van der Waals surface area (Å²) in [7, 11) is 0. The topological polar surface area (TPSA) is 76.5 Å². The van der Waals surface area contributed by atoms with Crippen molar-refractivity contribution >= 4 is 22.7 Å². The van der Waals surface area contributed by atoms with Crippen LogP contribution in [0.1, 0.15) is 23.9 Å². The van der Waals surface area contributed by atoms with E-state index in [-0.39, 0.29) is 5.56 Å². The SMILES string of the molecule is CCn1c(SCc2nc3c(C)cccc3c(=O)[nH]2)nnc1-c1cccc(C)c1. The number of hydrogen-bond acceptors (Lipinski definition) is 5. The Morgan fingerprint density at radius 3 is 2.71 bits per heavy atom. The molecule has 1 N–H and O–H groups in total. The summed E-state index contributed by atoms with van der Waals surface area (Å²) in [4.78, 5) is 19.9. The zero-order valence-corrected chi connectivity index (χ0v) is 16.9. The summed E-state index contributed by atoms with van der Waals surface area (Å²) in [5.41, 5.74) is 3.87. The average molecular weight is 392 g/mol. The van der Waals surface area contributed by atoms with Gasteiger partial charge in [0.15, 0.2) is 11.0 Å². The van der Waals surface area contributed by atoms with Gasteiger partial charge in [-0.15, -0.1) is 10.2 Å². The minimum atomic E-state index is -0.110. The fourth-order valence-electron chi connectivity index (χ4n) is 3.23. The summed E-state index contributed by atoms with van der Waals surface area (Å²) >= 11 is 1.52. The zero-order chi connectivity index (χ0) is 19.7. The number of benzene rings is 2. The third-order valence-corrected chi connectivity index (χ3v) is 5.61. The summed E-state index contributed by atoms with van der Waals surface area (Å²) in [6, 6.07) is 13.9. The highest BCUT2D eigenvalue weighted by Gasteiger charge is 2.14. The Labute approximate surface area is 167 Å². The molecule has 0 saturated carbocycles. The lowest BCUT2D eigenvalue weighted by Crippen LogP contribution is -2.12. The van der Waals surface area contributed by atoms with Gasteiger partial charge in [0, 0.05) is 12.1 Å². The first-order chi connectivity index (χ1) is 13.6. The van der Waals surface area contributed by atoms with E-state index in [1.54, 1.807) is 6.07 Å². The number of hydrogen-bond donors (Lipinski definition) is 1. The highest BCUT2D eigenvalue weighted by molar-refractivity contribution is 7.98. The molecule has 0 fully saturated rings. The number of rotatable bonds is 5. The molecule has 0 radical (unpaired) electrons. The Morgan fingerprint density at radius 1 is 1.11 bits per heavy atom. The molecule has 142 valence electrons. The van der Waals surface area contributed by atoms with E-state index in [1.165, 1.54) is 17.3 Å². The molecule has 0 amide bonds. The van der Waals surface area contributed by atoms with Gasteiger partial charge in [-0.05, 0) is 38.5 Å². The molecule has 0 aliphatic rings. The maximum atomic E-state index is 12.4. The van der Waals surface area contributed by atoms with E-state index in [2.05, 4.69) is 50.7 Å². The predicted molar refractivity (Wildman–Crippen MR) is 113 cm³/mol. The van der Waals surface area contributed by atoms with Gasteiger partial charge >= 0.3 is 0 Å². The van der Waals surface area contributed by atoms with E-state index in [9.17, 15) is 4.79 Å². The minimum Gasteiger partial charge on any atom is -0.309 e. The quantitative estimate of drug-likeness (QED) is 0.518. The molecule has 4 rings (SSSR count). The maximum absolute atomic E-state index is 12.4.